The molecular formula is C26H27NO4S2. The highest BCUT2D eigenvalue weighted by Gasteiger charge is 2.33. The Morgan fingerprint density at radius 3 is 1.94 bits per heavy atom. The van der Waals surface area contributed by atoms with Gasteiger partial charge in [0.05, 0.1) is 25.6 Å². The Morgan fingerprint density at radius 1 is 0.879 bits per heavy atom. The van der Waals surface area contributed by atoms with Crippen molar-refractivity contribution in [1.29, 1.82) is 0 Å². The van der Waals surface area contributed by atoms with Crippen LogP contribution in [0.15, 0.2) is 123 Å². The van der Waals surface area contributed by atoms with E-state index in [4.69, 9.17) is 0 Å². The fourth-order valence-corrected chi connectivity index (χ4v) is 8.04. The van der Waals surface area contributed by atoms with Crippen LogP contribution in [0.4, 0.5) is 0 Å². The molecule has 7 heteroatoms. The summed E-state index contributed by atoms with van der Waals surface area (Å²) < 4.78 is 45.3. The van der Waals surface area contributed by atoms with Crippen LogP contribution in [0.25, 0.3) is 0 Å². The second-order valence-corrected chi connectivity index (χ2v) is 11.9. The normalized spacial score (nSPS) is 15.8. The molecule has 1 unspecified atom stereocenters. The van der Waals surface area contributed by atoms with Crippen molar-refractivity contribution in [2.75, 3.05) is 0 Å². The van der Waals surface area contributed by atoms with E-state index in [1.54, 1.807) is 48.5 Å². The Balaban J connectivity index is 2.32. The van der Waals surface area contributed by atoms with Crippen molar-refractivity contribution < 1.29 is 17.7 Å². The zero-order chi connectivity index (χ0) is 24.1. The predicted octanol–water partition coefficient (Wildman–Crippen LogP) is 6.01. The maximum absolute atomic E-state index is 14.6. The highest BCUT2D eigenvalue weighted by Crippen LogP contribution is 2.34. The first kappa shape index (κ1) is 24.5. The molecular weight excluding hydrogens is 454 g/mol. The third-order valence-corrected chi connectivity index (χ3v) is 9.88. The van der Waals surface area contributed by atoms with E-state index in [0.29, 0.717) is 0 Å². The minimum Gasteiger partial charge on any atom is -0.513 e. The van der Waals surface area contributed by atoms with Crippen LogP contribution in [0.5, 0.6) is 0 Å². The maximum Gasteiger partial charge on any atom is 0.290 e. The highest BCUT2D eigenvalue weighted by molar-refractivity contribution is 8.03. The predicted molar refractivity (Wildman–Crippen MR) is 133 cm³/mol. The van der Waals surface area contributed by atoms with E-state index in [-0.39, 0.29) is 15.6 Å². The van der Waals surface area contributed by atoms with Crippen LogP contribution in [0.2, 0.25) is 0 Å². The van der Waals surface area contributed by atoms with Crippen LogP contribution in [0.1, 0.15) is 24.0 Å². The summed E-state index contributed by atoms with van der Waals surface area (Å²) >= 11 is 0. The van der Waals surface area contributed by atoms with Crippen LogP contribution in [-0.4, -0.2) is 23.0 Å². The second kappa shape index (κ2) is 10.2. The number of hydrogen-bond donors (Lipinski definition) is 1. The van der Waals surface area contributed by atoms with Gasteiger partial charge in [-0.3, -0.25) is 0 Å². The number of sulfonamides is 1. The van der Waals surface area contributed by atoms with Crippen molar-refractivity contribution in [2.24, 2.45) is 3.77 Å². The van der Waals surface area contributed by atoms with Gasteiger partial charge in [0, 0.05) is 10.8 Å². The quantitative estimate of drug-likeness (QED) is 0.315. The number of hydrogen-bond acceptors (Lipinski definition) is 4. The van der Waals surface area contributed by atoms with Crippen molar-refractivity contribution in [3.63, 3.8) is 0 Å². The van der Waals surface area contributed by atoms with E-state index in [9.17, 15) is 17.7 Å². The van der Waals surface area contributed by atoms with Crippen molar-refractivity contribution in [3.8, 4) is 0 Å². The minimum absolute atomic E-state index is 0.0203. The summed E-state index contributed by atoms with van der Waals surface area (Å²) in [4.78, 5) is 0.236. The number of aliphatic hydroxyl groups excluding tert-OH is 1. The minimum atomic E-state index is -4.26. The highest BCUT2D eigenvalue weighted by atomic mass is 32.3. The molecule has 0 aromatic heterocycles. The molecule has 0 aliphatic rings. The number of benzene rings is 3. The van der Waals surface area contributed by atoms with E-state index < -0.39 is 30.9 Å². The van der Waals surface area contributed by atoms with Gasteiger partial charge in [-0.1, -0.05) is 72.3 Å². The van der Waals surface area contributed by atoms with Gasteiger partial charge in [-0.2, -0.15) is 8.42 Å². The Kier molecular flexibility index (Phi) is 7.56. The van der Waals surface area contributed by atoms with Gasteiger partial charge in [-0.25, -0.2) is 4.21 Å². The Bertz CT molecular complexity index is 1350. The molecule has 1 N–H and O–H groups in total. The van der Waals surface area contributed by atoms with E-state index in [2.05, 4.69) is 10.3 Å². The lowest BCUT2D eigenvalue weighted by molar-refractivity contribution is 0.409. The van der Waals surface area contributed by atoms with Gasteiger partial charge < -0.3 is 5.11 Å². The molecule has 172 valence electrons. The smallest absolute Gasteiger partial charge is 0.290 e. The molecule has 5 nitrogen and oxygen atoms in total. The number of aryl methyl sites for hydroxylation is 1. The second-order valence-electron chi connectivity index (χ2n) is 7.69. The molecule has 0 aliphatic carbocycles. The Hall–Kier alpha value is -3.16. The third kappa shape index (κ3) is 5.61. The fraction of sp³-hybridized carbons (Fsp3) is 0.154. The summed E-state index contributed by atoms with van der Waals surface area (Å²) in [5.74, 6) is -0.606. The summed E-state index contributed by atoms with van der Waals surface area (Å²) in [7, 11) is -7.87. The number of nitrogens with zero attached hydrogens (tertiary/aromatic N) is 1. The summed E-state index contributed by atoms with van der Waals surface area (Å²) in [5, 5.41) is 9.15. The molecule has 0 aliphatic heterocycles. The zero-order valence-electron chi connectivity index (χ0n) is 18.5. The van der Waals surface area contributed by atoms with E-state index in [1.165, 1.54) is 25.1 Å². The third-order valence-electron chi connectivity index (χ3n) is 5.17. The molecule has 33 heavy (non-hydrogen) atoms. The molecule has 0 bridgehead atoms. The first-order valence-electron chi connectivity index (χ1n) is 10.4. The largest absolute Gasteiger partial charge is 0.513 e. The lowest BCUT2D eigenvalue weighted by atomic mass is 9.94. The van der Waals surface area contributed by atoms with Gasteiger partial charge in [-0.05, 0) is 49.8 Å². The van der Waals surface area contributed by atoms with E-state index in [0.717, 1.165) is 11.1 Å². The van der Waals surface area contributed by atoms with Crippen LogP contribution in [-0.2, 0) is 19.8 Å². The topological polar surface area (TPSA) is 83.8 Å². The van der Waals surface area contributed by atoms with Gasteiger partial charge in [0.25, 0.3) is 10.0 Å². The van der Waals surface area contributed by atoms with Crippen molar-refractivity contribution in [2.45, 2.75) is 34.8 Å². The number of rotatable bonds is 8. The molecule has 0 saturated carbocycles. The van der Waals surface area contributed by atoms with Crippen LogP contribution in [0, 0.1) is 6.92 Å². The van der Waals surface area contributed by atoms with E-state index in [1.807, 2.05) is 37.3 Å². The fourth-order valence-electron chi connectivity index (χ4n) is 3.56. The standard InChI is InChI=1S/C26H27NO4S2/c1-4-26(25(19-21(3)28)22-11-7-5-8-12-22)32(29,23-13-9-6-10-14-23)27-33(30,31)24-17-15-20(2)16-18-24/h4-19,25-26,28H,1H2,2-3H3/b21-19-/t25-,26+,32?/m0/s1. The first-order valence-corrected chi connectivity index (χ1v) is 13.4. The average molecular weight is 482 g/mol. The summed E-state index contributed by atoms with van der Waals surface area (Å²) in [6.45, 7) is 7.24. The van der Waals surface area contributed by atoms with Crippen LogP contribution >= 0.6 is 0 Å². The molecule has 3 atom stereocenters. The zero-order valence-corrected chi connectivity index (χ0v) is 20.2. The molecule has 0 spiro atoms. The van der Waals surface area contributed by atoms with Crippen LogP contribution < -0.4 is 0 Å². The van der Waals surface area contributed by atoms with Gasteiger partial charge in [0.1, 0.15) is 0 Å². The Morgan fingerprint density at radius 2 is 1.42 bits per heavy atom. The monoisotopic (exact) mass is 481 g/mol. The lowest BCUT2D eigenvalue weighted by Crippen LogP contribution is -2.27. The summed E-state index contributed by atoms with van der Waals surface area (Å²) in [6, 6.07) is 23.7. The lowest BCUT2D eigenvalue weighted by Gasteiger charge is -2.26. The molecule has 3 aromatic rings. The Labute approximate surface area is 196 Å². The molecule has 0 fully saturated rings. The average Bonchev–Trinajstić information content (AvgIpc) is 2.80. The van der Waals surface area contributed by atoms with Gasteiger partial charge in [0.15, 0.2) is 0 Å². The molecule has 3 rings (SSSR count). The SMILES string of the molecule is C=C[C@H]([C@@H](/C=C(/C)O)c1ccccc1)S(=O)(=NS(=O)(=O)c1ccc(C)cc1)c1ccccc1. The summed E-state index contributed by atoms with van der Waals surface area (Å²) in [6.07, 6.45) is 3.01. The molecule has 3 aromatic carbocycles. The number of allylic oxidation sites excluding steroid dienone is 2. The van der Waals surface area contributed by atoms with Crippen molar-refractivity contribution in [1.82, 2.24) is 0 Å². The molecule has 0 saturated heterocycles. The van der Waals surface area contributed by atoms with Crippen molar-refractivity contribution >= 4 is 19.8 Å². The van der Waals surface area contributed by atoms with Crippen LogP contribution in [0.3, 0.4) is 0 Å². The van der Waals surface area contributed by atoms with E-state index >= 15 is 0 Å². The first-order chi connectivity index (χ1) is 15.7. The van der Waals surface area contributed by atoms with Gasteiger partial charge in [0.2, 0.25) is 0 Å². The number of aliphatic hydroxyl groups is 1. The van der Waals surface area contributed by atoms with Gasteiger partial charge >= 0.3 is 0 Å². The summed E-state index contributed by atoms with van der Waals surface area (Å²) in [5.41, 5.74) is 1.65. The maximum atomic E-state index is 14.6. The molecule has 0 radical (unpaired) electrons. The van der Waals surface area contributed by atoms with Gasteiger partial charge in [-0.15, -0.1) is 10.3 Å². The van der Waals surface area contributed by atoms with Crippen molar-refractivity contribution in [3.05, 3.63) is 121 Å². The molecule has 0 amide bonds. The molecule has 0 heterocycles.